The number of halogens is 1. The molecule has 1 amide bonds. The van der Waals surface area contributed by atoms with Crippen molar-refractivity contribution in [2.75, 3.05) is 20.1 Å². The van der Waals surface area contributed by atoms with Crippen molar-refractivity contribution < 1.29 is 14.0 Å². The van der Waals surface area contributed by atoms with E-state index in [0.717, 1.165) is 0 Å². The molecule has 0 saturated carbocycles. The largest absolute Gasteiger partial charge is 0.353 e. The maximum Gasteiger partial charge on any atom is 0.234 e. The third kappa shape index (κ3) is 5.93. The van der Waals surface area contributed by atoms with Gasteiger partial charge in [0.05, 0.1) is 6.54 Å². The van der Waals surface area contributed by atoms with Crippen LogP contribution >= 0.6 is 0 Å². The first kappa shape index (κ1) is 16.3. The lowest BCUT2D eigenvalue weighted by Crippen LogP contribution is -2.39. The number of Topliss-reactive ketones (excluding diaryl/α,β-unsaturated/α-hetero) is 1. The highest BCUT2D eigenvalue weighted by atomic mass is 19.1. The van der Waals surface area contributed by atoms with Crippen LogP contribution in [-0.4, -0.2) is 42.8 Å². The maximum absolute atomic E-state index is 12.7. The molecule has 0 atom stereocenters. The average molecular weight is 280 g/mol. The van der Waals surface area contributed by atoms with Gasteiger partial charge in [0.25, 0.3) is 0 Å². The molecule has 0 aliphatic rings. The summed E-state index contributed by atoms with van der Waals surface area (Å²) >= 11 is 0. The number of benzene rings is 1. The van der Waals surface area contributed by atoms with Crippen molar-refractivity contribution in [2.45, 2.75) is 26.3 Å². The standard InChI is InChI=1S/C15H21FN2O2/c1-11(2)17-15(20)10-18(3)9-8-14(19)12-4-6-13(16)7-5-12/h4-7,11H,8-10H2,1-3H3,(H,17,20). The molecule has 0 aliphatic carbocycles. The van der Waals surface area contributed by atoms with Gasteiger partial charge >= 0.3 is 0 Å². The molecule has 1 N–H and O–H groups in total. The summed E-state index contributed by atoms with van der Waals surface area (Å²) in [6, 6.07) is 5.60. The molecule has 20 heavy (non-hydrogen) atoms. The molecular formula is C15H21FN2O2. The molecule has 0 radical (unpaired) electrons. The Hall–Kier alpha value is -1.75. The summed E-state index contributed by atoms with van der Waals surface area (Å²) in [5.74, 6) is -0.470. The second-order valence-corrected chi connectivity index (χ2v) is 5.14. The lowest BCUT2D eigenvalue weighted by molar-refractivity contribution is -0.122. The third-order valence-electron chi connectivity index (χ3n) is 2.75. The van der Waals surface area contributed by atoms with Gasteiger partial charge < -0.3 is 5.32 Å². The summed E-state index contributed by atoms with van der Waals surface area (Å²) in [4.78, 5) is 25.2. The summed E-state index contributed by atoms with van der Waals surface area (Å²) in [7, 11) is 1.79. The molecule has 110 valence electrons. The smallest absolute Gasteiger partial charge is 0.234 e. The Morgan fingerprint density at radius 1 is 1.25 bits per heavy atom. The molecule has 0 bridgehead atoms. The van der Waals surface area contributed by atoms with E-state index in [1.165, 1.54) is 24.3 Å². The molecule has 1 rings (SSSR count). The number of hydrogen-bond acceptors (Lipinski definition) is 3. The zero-order valence-corrected chi connectivity index (χ0v) is 12.1. The van der Waals surface area contributed by atoms with E-state index in [9.17, 15) is 14.0 Å². The van der Waals surface area contributed by atoms with Gasteiger partial charge in [0.15, 0.2) is 5.78 Å². The van der Waals surface area contributed by atoms with Crippen LogP contribution in [0.25, 0.3) is 0 Å². The molecule has 4 nitrogen and oxygen atoms in total. The lowest BCUT2D eigenvalue weighted by atomic mass is 10.1. The van der Waals surface area contributed by atoms with Crippen molar-refractivity contribution in [3.8, 4) is 0 Å². The maximum atomic E-state index is 12.7. The predicted molar refractivity (Wildman–Crippen MR) is 76.1 cm³/mol. The van der Waals surface area contributed by atoms with Gasteiger partial charge in [-0.3, -0.25) is 14.5 Å². The van der Waals surface area contributed by atoms with Crippen LogP contribution in [0.3, 0.4) is 0 Å². The highest BCUT2D eigenvalue weighted by Crippen LogP contribution is 2.06. The minimum Gasteiger partial charge on any atom is -0.353 e. The quantitative estimate of drug-likeness (QED) is 0.776. The van der Waals surface area contributed by atoms with Crippen molar-refractivity contribution in [3.05, 3.63) is 35.6 Å². The molecule has 0 fully saturated rings. The predicted octanol–water partition coefficient (Wildman–Crippen LogP) is 1.85. The Bertz CT molecular complexity index is 457. The van der Waals surface area contributed by atoms with Gasteiger partial charge in [0.2, 0.25) is 5.91 Å². The van der Waals surface area contributed by atoms with E-state index in [0.29, 0.717) is 18.5 Å². The Balaban J connectivity index is 2.37. The van der Waals surface area contributed by atoms with E-state index < -0.39 is 0 Å². The molecule has 0 aromatic heterocycles. The van der Waals surface area contributed by atoms with Crippen LogP contribution in [-0.2, 0) is 4.79 Å². The monoisotopic (exact) mass is 280 g/mol. The van der Waals surface area contributed by atoms with Crippen LogP contribution in [0.4, 0.5) is 4.39 Å². The second kappa shape index (κ2) is 7.75. The van der Waals surface area contributed by atoms with Crippen LogP contribution in [0.2, 0.25) is 0 Å². The minimum absolute atomic E-state index is 0.0545. The Morgan fingerprint density at radius 2 is 1.85 bits per heavy atom. The lowest BCUT2D eigenvalue weighted by Gasteiger charge is -2.17. The fourth-order valence-corrected chi connectivity index (χ4v) is 1.76. The molecular weight excluding hydrogens is 259 g/mol. The molecule has 1 aromatic rings. The normalized spacial score (nSPS) is 10.9. The van der Waals surface area contributed by atoms with E-state index in [-0.39, 0.29) is 30.1 Å². The van der Waals surface area contributed by atoms with Crippen molar-refractivity contribution in [1.29, 1.82) is 0 Å². The number of carbonyl (C=O) groups excluding carboxylic acids is 2. The van der Waals surface area contributed by atoms with Gasteiger partial charge in [-0.2, -0.15) is 0 Å². The summed E-state index contributed by atoms with van der Waals surface area (Å²) in [6.45, 7) is 4.54. The minimum atomic E-state index is -0.357. The molecule has 0 saturated heterocycles. The fraction of sp³-hybridized carbons (Fsp3) is 0.467. The van der Waals surface area contributed by atoms with Gasteiger partial charge in [-0.05, 0) is 45.2 Å². The fourth-order valence-electron chi connectivity index (χ4n) is 1.76. The number of likely N-dealkylation sites (N-methyl/N-ethyl adjacent to an activating group) is 1. The molecule has 0 aliphatic heterocycles. The number of amides is 1. The van der Waals surface area contributed by atoms with Crippen molar-refractivity contribution in [2.24, 2.45) is 0 Å². The molecule has 0 unspecified atom stereocenters. The summed E-state index contributed by atoms with van der Waals surface area (Å²) in [5, 5.41) is 2.79. The van der Waals surface area contributed by atoms with Crippen LogP contribution in [0.5, 0.6) is 0 Å². The number of rotatable bonds is 7. The number of nitrogens with one attached hydrogen (secondary N) is 1. The Labute approximate surface area is 119 Å². The topological polar surface area (TPSA) is 49.4 Å². The number of hydrogen-bond donors (Lipinski definition) is 1. The summed E-state index contributed by atoms with van der Waals surface area (Å²) in [6.07, 6.45) is 0.303. The summed E-state index contributed by atoms with van der Waals surface area (Å²) in [5.41, 5.74) is 0.492. The second-order valence-electron chi connectivity index (χ2n) is 5.14. The van der Waals surface area contributed by atoms with Crippen LogP contribution in [0, 0.1) is 5.82 Å². The van der Waals surface area contributed by atoms with Gasteiger partial charge in [-0.1, -0.05) is 0 Å². The van der Waals surface area contributed by atoms with Crippen LogP contribution < -0.4 is 5.32 Å². The molecule has 0 heterocycles. The zero-order valence-electron chi connectivity index (χ0n) is 12.1. The summed E-state index contributed by atoms with van der Waals surface area (Å²) < 4.78 is 12.7. The van der Waals surface area contributed by atoms with Crippen molar-refractivity contribution in [3.63, 3.8) is 0 Å². The number of carbonyl (C=O) groups is 2. The molecule has 5 heteroatoms. The van der Waals surface area contributed by atoms with Gasteiger partial charge in [0.1, 0.15) is 5.82 Å². The van der Waals surface area contributed by atoms with Gasteiger partial charge in [-0.25, -0.2) is 4.39 Å². The first-order valence-corrected chi connectivity index (χ1v) is 6.65. The highest BCUT2D eigenvalue weighted by Gasteiger charge is 2.11. The third-order valence-corrected chi connectivity index (χ3v) is 2.75. The Kier molecular flexibility index (Phi) is 6.31. The Morgan fingerprint density at radius 3 is 2.40 bits per heavy atom. The van der Waals surface area contributed by atoms with Gasteiger partial charge in [0, 0.05) is 24.6 Å². The van der Waals surface area contributed by atoms with E-state index in [1.54, 1.807) is 11.9 Å². The van der Waals surface area contributed by atoms with Crippen molar-refractivity contribution >= 4 is 11.7 Å². The van der Waals surface area contributed by atoms with Gasteiger partial charge in [-0.15, -0.1) is 0 Å². The van der Waals surface area contributed by atoms with E-state index in [4.69, 9.17) is 0 Å². The van der Waals surface area contributed by atoms with Crippen LogP contribution in [0.15, 0.2) is 24.3 Å². The first-order chi connectivity index (χ1) is 9.38. The van der Waals surface area contributed by atoms with E-state index >= 15 is 0 Å². The SMILES string of the molecule is CC(C)NC(=O)CN(C)CCC(=O)c1ccc(F)cc1. The first-order valence-electron chi connectivity index (χ1n) is 6.65. The van der Waals surface area contributed by atoms with E-state index in [1.807, 2.05) is 13.8 Å². The van der Waals surface area contributed by atoms with Crippen LogP contribution in [0.1, 0.15) is 30.6 Å². The number of nitrogens with zero attached hydrogens (tertiary/aromatic N) is 1. The van der Waals surface area contributed by atoms with Crippen molar-refractivity contribution in [1.82, 2.24) is 10.2 Å². The highest BCUT2D eigenvalue weighted by molar-refractivity contribution is 5.96. The molecule has 1 aromatic carbocycles. The molecule has 0 spiro atoms. The number of ketones is 1. The average Bonchev–Trinajstić information content (AvgIpc) is 2.35. The van der Waals surface area contributed by atoms with E-state index in [2.05, 4.69) is 5.32 Å². The zero-order chi connectivity index (χ0) is 15.1.